The number of ether oxygens (including phenoxy) is 1. The summed E-state index contributed by atoms with van der Waals surface area (Å²) in [7, 11) is 0. The maximum Gasteiger partial charge on any atom is 0.411 e. The highest BCUT2D eigenvalue weighted by molar-refractivity contribution is 5.90. The van der Waals surface area contributed by atoms with Crippen molar-refractivity contribution in [2.24, 2.45) is 0 Å². The molecule has 0 atom stereocenters. The van der Waals surface area contributed by atoms with Crippen molar-refractivity contribution in [1.82, 2.24) is 15.4 Å². The second kappa shape index (κ2) is 12.9. The first-order valence-corrected chi connectivity index (χ1v) is 11.9. The number of rotatable bonds is 11. The van der Waals surface area contributed by atoms with Crippen molar-refractivity contribution in [3.63, 3.8) is 0 Å². The second-order valence-electron chi connectivity index (χ2n) is 8.39. The number of aromatic nitrogens is 1. The van der Waals surface area contributed by atoms with Crippen LogP contribution in [0.2, 0.25) is 0 Å². The molecule has 1 heterocycles. The number of nitrogens with one attached hydrogen (secondary N) is 3. The number of fused-ring (bicyclic) bond motifs is 1. The van der Waals surface area contributed by atoms with E-state index in [-0.39, 0.29) is 6.61 Å². The molecule has 3 aromatic carbocycles. The van der Waals surface area contributed by atoms with Crippen molar-refractivity contribution in [1.29, 1.82) is 0 Å². The van der Waals surface area contributed by atoms with Crippen molar-refractivity contribution >= 4 is 34.7 Å². The zero-order chi connectivity index (χ0) is 25.9. The highest BCUT2D eigenvalue weighted by Crippen LogP contribution is 2.18. The number of para-hydroxylation sites is 2. The number of carbonyl (C=O) groups excluding carboxylic acids is 2. The standard InChI is InChI=1S/C29H28N4O4/c34-28(32-36)15-14-22-10-12-23(13-11-22)21-33(17-16-24-20-30-27-9-5-4-8-26(24)27)18-19-37-29(35)31-25-6-2-1-3-7-25/h1-10,12,14-15,20,30,36H,16-19,21H2,(H,31,35)(H,32,34)/b15-14+. The smallest absolute Gasteiger partial charge is 0.411 e. The zero-order valence-electron chi connectivity index (χ0n) is 20.2. The molecule has 0 aliphatic rings. The summed E-state index contributed by atoms with van der Waals surface area (Å²) >= 11 is 0. The molecule has 0 saturated carbocycles. The van der Waals surface area contributed by atoms with E-state index in [0.717, 1.165) is 24.0 Å². The van der Waals surface area contributed by atoms with Crippen LogP contribution in [0.3, 0.4) is 0 Å². The molecule has 188 valence electrons. The maximum absolute atomic E-state index is 12.2. The third-order valence-corrected chi connectivity index (χ3v) is 5.78. The molecule has 0 aliphatic carbocycles. The van der Waals surface area contributed by atoms with Gasteiger partial charge >= 0.3 is 6.09 Å². The number of anilines is 1. The minimum Gasteiger partial charge on any atom is -0.448 e. The molecule has 4 aromatic rings. The lowest BCUT2D eigenvalue weighted by Gasteiger charge is -2.21. The van der Waals surface area contributed by atoms with E-state index in [1.807, 2.05) is 48.7 Å². The summed E-state index contributed by atoms with van der Waals surface area (Å²) in [5.74, 6) is -0.614. The van der Waals surface area contributed by atoms with Gasteiger partial charge in [0.2, 0.25) is 0 Å². The Morgan fingerprint density at radius 1 is 1.00 bits per heavy atom. The lowest BCUT2D eigenvalue weighted by molar-refractivity contribution is -0.124. The number of H-pyrrole nitrogens is 1. The van der Waals surface area contributed by atoms with Crippen molar-refractivity contribution in [3.8, 4) is 0 Å². The van der Waals surface area contributed by atoms with Crippen molar-refractivity contribution < 1.29 is 19.5 Å². The summed E-state index contributed by atoms with van der Waals surface area (Å²) in [4.78, 5) is 28.9. The van der Waals surface area contributed by atoms with Crippen molar-refractivity contribution in [2.45, 2.75) is 13.0 Å². The molecule has 0 spiro atoms. The fraction of sp³-hybridized carbons (Fsp3) is 0.172. The van der Waals surface area contributed by atoms with Gasteiger partial charge in [-0.1, -0.05) is 48.5 Å². The van der Waals surface area contributed by atoms with Crippen LogP contribution >= 0.6 is 0 Å². The average Bonchev–Trinajstić information content (AvgIpc) is 3.34. The minimum absolute atomic E-state index is 0.230. The predicted octanol–water partition coefficient (Wildman–Crippen LogP) is 4.58. The number of amides is 2. The Balaban J connectivity index is 1.37. The van der Waals surface area contributed by atoms with Gasteiger partial charge in [-0.15, -0.1) is 0 Å². The van der Waals surface area contributed by atoms with Gasteiger partial charge in [-0.25, -0.2) is 10.3 Å². The predicted molar refractivity (Wildman–Crippen MR) is 142 cm³/mol. The van der Waals surface area contributed by atoms with Crippen LogP contribution in [0.1, 0.15) is 16.7 Å². The van der Waals surface area contributed by atoms with E-state index >= 15 is 0 Å². The van der Waals surface area contributed by atoms with Crippen molar-refractivity contribution in [3.05, 3.63) is 108 Å². The second-order valence-corrected chi connectivity index (χ2v) is 8.39. The molecular weight excluding hydrogens is 468 g/mol. The summed E-state index contributed by atoms with van der Waals surface area (Å²) in [5, 5.41) is 12.5. The summed E-state index contributed by atoms with van der Waals surface area (Å²) < 4.78 is 5.42. The Morgan fingerprint density at radius 2 is 1.81 bits per heavy atom. The summed E-state index contributed by atoms with van der Waals surface area (Å²) in [5.41, 5.74) is 6.14. The van der Waals surface area contributed by atoms with Gasteiger partial charge in [0, 0.05) is 59.6 Å². The first-order valence-electron chi connectivity index (χ1n) is 11.9. The molecule has 0 radical (unpaired) electrons. The molecule has 37 heavy (non-hydrogen) atoms. The quantitative estimate of drug-likeness (QED) is 0.138. The SMILES string of the molecule is O=C(/C=C/c1c#cc(CN(CCOC(=O)Nc2ccccc2)CCc2c[nH]c3ccccc23)cc1)NO. The number of hydroxylamine groups is 1. The van der Waals surface area contributed by atoms with Gasteiger partial charge in [-0.2, -0.15) is 0 Å². The van der Waals surface area contributed by atoms with Gasteiger partial charge in [0.05, 0.1) is 0 Å². The molecule has 4 N–H and O–H groups in total. The van der Waals surface area contributed by atoms with Gasteiger partial charge in [0.15, 0.2) is 0 Å². The Labute approximate surface area is 215 Å². The van der Waals surface area contributed by atoms with E-state index in [9.17, 15) is 9.59 Å². The molecule has 8 heteroatoms. The molecule has 2 amide bonds. The number of nitrogens with zero attached hydrogens (tertiary/aromatic N) is 1. The van der Waals surface area contributed by atoms with Crippen LogP contribution in [-0.2, 0) is 22.5 Å². The topological polar surface area (TPSA) is 107 Å². The van der Waals surface area contributed by atoms with E-state index in [4.69, 9.17) is 9.94 Å². The van der Waals surface area contributed by atoms with Crippen LogP contribution in [0, 0.1) is 12.1 Å². The van der Waals surface area contributed by atoms with Crippen LogP contribution < -0.4 is 10.8 Å². The Morgan fingerprint density at radius 3 is 2.59 bits per heavy atom. The third kappa shape index (κ3) is 7.70. The number of hydrogen-bond donors (Lipinski definition) is 4. The summed E-state index contributed by atoms with van der Waals surface area (Å²) in [6, 6.07) is 27.3. The lowest BCUT2D eigenvalue weighted by atomic mass is 10.1. The van der Waals surface area contributed by atoms with E-state index in [2.05, 4.69) is 39.5 Å². The van der Waals surface area contributed by atoms with Crippen LogP contribution in [-0.4, -0.2) is 46.8 Å². The number of hydrogen-bond acceptors (Lipinski definition) is 5. The Kier molecular flexibility index (Phi) is 8.92. The van der Waals surface area contributed by atoms with E-state index in [1.165, 1.54) is 17.0 Å². The number of benzene rings is 2. The van der Waals surface area contributed by atoms with Crippen LogP contribution in [0.25, 0.3) is 17.0 Å². The molecule has 8 nitrogen and oxygen atoms in total. The molecule has 0 fully saturated rings. The third-order valence-electron chi connectivity index (χ3n) is 5.78. The highest BCUT2D eigenvalue weighted by atomic mass is 16.5. The molecule has 4 rings (SSSR count). The van der Waals surface area contributed by atoms with Gasteiger partial charge in [-0.3, -0.25) is 20.2 Å². The Hall–Kier alpha value is -4.58. The van der Waals surface area contributed by atoms with Gasteiger partial charge in [-0.05, 0) is 48.4 Å². The molecule has 1 aromatic heterocycles. The zero-order valence-corrected chi connectivity index (χ0v) is 20.2. The van der Waals surface area contributed by atoms with Crippen LogP contribution in [0.5, 0.6) is 0 Å². The van der Waals surface area contributed by atoms with E-state index in [0.29, 0.717) is 24.3 Å². The summed E-state index contributed by atoms with van der Waals surface area (Å²) in [6.07, 6.45) is 5.12. The maximum atomic E-state index is 12.2. The lowest BCUT2D eigenvalue weighted by Crippen LogP contribution is -2.30. The fourth-order valence-corrected chi connectivity index (χ4v) is 3.89. The van der Waals surface area contributed by atoms with Crippen LogP contribution in [0.15, 0.2) is 79.0 Å². The molecular formula is C29H28N4O4. The Bertz CT molecular complexity index is 1330. The molecule has 0 bridgehead atoms. The first kappa shape index (κ1) is 25.5. The fourth-order valence-electron chi connectivity index (χ4n) is 3.89. The average molecular weight is 497 g/mol. The van der Waals surface area contributed by atoms with Gasteiger partial charge in [0.1, 0.15) is 6.61 Å². The summed E-state index contributed by atoms with van der Waals surface area (Å²) in [6.45, 7) is 2.10. The molecule has 0 aliphatic heterocycles. The van der Waals surface area contributed by atoms with Crippen molar-refractivity contribution in [2.75, 3.05) is 25.0 Å². The normalized spacial score (nSPS) is 11.0. The minimum atomic E-state index is -0.614. The number of aromatic amines is 1. The highest BCUT2D eigenvalue weighted by Gasteiger charge is 2.11. The van der Waals surface area contributed by atoms with Gasteiger partial charge < -0.3 is 9.72 Å². The van der Waals surface area contributed by atoms with Gasteiger partial charge in [0.25, 0.3) is 5.91 Å². The monoisotopic (exact) mass is 496 g/mol. The number of carbonyl (C=O) groups is 2. The van der Waals surface area contributed by atoms with E-state index in [1.54, 1.807) is 23.7 Å². The van der Waals surface area contributed by atoms with Crippen LogP contribution in [0.4, 0.5) is 10.5 Å². The van der Waals surface area contributed by atoms with E-state index < -0.39 is 12.0 Å². The largest absolute Gasteiger partial charge is 0.448 e. The molecule has 0 unspecified atom stereocenters. The molecule has 0 saturated heterocycles. The first-order chi connectivity index (χ1) is 18.1.